The smallest absolute Gasteiger partial charge is 0.342 e. The fourth-order valence-electron chi connectivity index (χ4n) is 4.63. The van der Waals surface area contributed by atoms with Crippen LogP contribution in [0.3, 0.4) is 0 Å². The molecule has 1 aliphatic heterocycles. The highest BCUT2D eigenvalue weighted by Crippen LogP contribution is 2.37. The van der Waals surface area contributed by atoms with E-state index in [-0.39, 0.29) is 11.9 Å². The van der Waals surface area contributed by atoms with Crippen LogP contribution < -0.4 is 14.9 Å². The Bertz CT molecular complexity index is 1440. The van der Waals surface area contributed by atoms with Gasteiger partial charge in [0.2, 0.25) is 0 Å². The molecule has 0 N–H and O–H groups in total. The third-order valence-corrected chi connectivity index (χ3v) is 6.61. The summed E-state index contributed by atoms with van der Waals surface area (Å²) in [6, 6.07) is 15.7. The van der Waals surface area contributed by atoms with Gasteiger partial charge in [0, 0.05) is 30.0 Å². The lowest BCUT2D eigenvalue weighted by Crippen LogP contribution is -2.24. The minimum Gasteiger partial charge on any atom is -0.494 e. The number of methoxy groups -OCH3 is 2. The van der Waals surface area contributed by atoms with Gasteiger partial charge in [-0.1, -0.05) is 41.9 Å². The number of rotatable bonds is 9. The first-order valence-electron chi connectivity index (χ1n) is 12.9. The van der Waals surface area contributed by atoms with Crippen molar-refractivity contribution in [1.29, 1.82) is 0 Å². The van der Waals surface area contributed by atoms with Crippen molar-refractivity contribution in [2.45, 2.75) is 25.6 Å². The highest BCUT2D eigenvalue weighted by molar-refractivity contribution is 6.38. The minimum atomic E-state index is -0.555. The summed E-state index contributed by atoms with van der Waals surface area (Å²) in [7, 11) is 8.96. The van der Waals surface area contributed by atoms with E-state index in [4.69, 9.17) is 36.5 Å². The van der Waals surface area contributed by atoms with Gasteiger partial charge in [-0.2, -0.15) is 0 Å². The van der Waals surface area contributed by atoms with Crippen LogP contribution in [-0.2, 0) is 14.2 Å². The fraction of sp³-hybridized carbons (Fsp3) is 0.300. The zero-order chi connectivity index (χ0) is 27.2. The van der Waals surface area contributed by atoms with Crippen LogP contribution in [0.2, 0.25) is 0 Å². The van der Waals surface area contributed by atoms with Gasteiger partial charge < -0.3 is 23.7 Å². The van der Waals surface area contributed by atoms with E-state index in [2.05, 4.69) is 4.98 Å². The molecule has 1 saturated heterocycles. The molecule has 3 heterocycles. The highest BCUT2D eigenvalue weighted by atomic mass is 16.7. The molecule has 1 unspecified atom stereocenters. The number of aromatic nitrogens is 2. The summed E-state index contributed by atoms with van der Waals surface area (Å²) in [6.45, 7) is 1.71. The Balaban J connectivity index is 1.33. The number of pyridine rings is 2. The fourth-order valence-corrected chi connectivity index (χ4v) is 4.63. The molecule has 2 aromatic heterocycles. The third-order valence-electron chi connectivity index (χ3n) is 6.61. The Morgan fingerprint density at radius 2 is 1.69 bits per heavy atom. The molecule has 1 atom stereocenters. The van der Waals surface area contributed by atoms with Gasteiger partial charge in [-0.15, -0.1) is 0 Å². The van der Waals surface area contributed by atoms with Crippen molar-refractivity contribution < 1.29 is 28.5 Å². The minimum absolute atomic E-state index is 0.112. The summed E-state index contributed by atoms with van der Waals surface area (Å²) in [5.41, 5.74) is 4.34. The van der Waals surface area contributed by atoms with Crippen LogP contribution >= 0.6 is 0 Å². The zero-order valence-corrected chi connectivity index (χ0v) is 22.0. The molecule has 0 saturated carbocycles. The maximum absolute atomic E-state index is 12.7. The van der Waals surface area contributed by atoms with Gasteiger partial charge in [0.05, 0.1) is 26.3 Å². The molecule has 198 valence electrons. The molecular formula is C30H29BN2O6. The molecule has 1 aliphatic rings. The van der Waals surface area contributed by atoms with Crippen LogP contribution in [0.4, 0.5) is 0 Å². The number of benzene rings is 2. The van der Waals surface area contributed by atoms with Gasteiger partial charge in [-0.25, -0.2) is 9.78 Å². The summed E-state index contributed by atoms with van der Waals surface area (Å²) in [6.07, 6.45) is 6.10. The summed E-state index contributed by atoms with van der Waals surface area (Å²) in [5, 5.41) is 0.468. The molecule has 1 fully saturated rings. The zero-order valence-electron chi connectivity index (χ0n) is 22.0. The Hall–Kier alpha value is -3.95. The van der Waals surface area contributed by atoms with E-state index in [1.54, 1.807) is 0 Å². The molecule has 39 heavy (non-hydrogen) atoms. The highest BCUT2D eigenvalue weighted by Gasteiger charge is 2.24. The normalized spacial score (nSPS) is 15.2. The predicted molar refractivity (Wildman–Crippen MR) is 149 cm³/mol. The van der Waals surface area contributed by atoms with Crippen molar-refractivity contribution >= 4 is 30.2 Å². The lowest BCUT2D eigenvalue weighted by Gasteiger charge is -2.22. The number of hydrogen-bond acceptors (Lipinski definition) is 8. The SMILES string of the molecule is [B]c1cncc2c(C(=O)OC)c(OC)c(-c3ccc(-c4ccc(OCCOC5CCCCO5)cc4)cc3)nc12. The van der Waals surface area contributed by atoms with Crippen molar-refractivity contribution in [2.75, 3.05) is 34.0 Å². The molecule has 2 aromatic carbocycles. The van der Waals surface area contributed by atoms with E-state index in [0.717, 1.165) is 48.3 Å². The second kappa shape index (κ2) is 12.3. The third kappa shape index (κ3) is 5.89. The van der Waals surface area contributed by atoms with Gasteiger partial charge in [-0.05, 0) is 42.5 Å². The molecule has 5 rings (SSSR count). The van der Waals surface area contributed by atoms with Crippen molar-refractivity contribution in [2.24, 2.45) is 0 Å². The van der Waals surface area contributed by atoms with Crippen LogP contribution in [0.1, 0.15) is 29.6 Å². The molecular weight excluding hydrogens is 495 g/mol. The second-order valence-electron chi connectivity index (χ2n) is 9.10. The van der Waals surface area contributed by atoms with Gasteiger partial charge in [0.15, 0.2) is 12.0 Å². The van der Waals surface area contributed by atoms with E-state index < -0.39 is 5.97 Å². The Labute approximate surface area is 228 Å². The Morgan fingerprint density at radius 1 is 0.974 bits per heavy atom. The van der Waals surface area contributed by atoms with Crippen molar-refractivity contribution in [3.05, 3.63) is 66.5 Å². The van der Waals surface area contributed by atoms with Crippen LogP contribution in [-0.4, -0.2) is 64.1 Å². The first-order chi connectivity index (χ1) is 19.1. The molecule has 0 aliphatic carbocycles. The standard InChI is InChI=1S/C30H29BN2O6/c1-35-29-26(30(34)36-2)23-17-32-18-24(31)28(23)33-27(29)21-8-6-19(7-9-21)20-10-12-22(13-11-20)37-15-16-39-25-5-3-4-14-38-25/h6-13,17-18,25H,3-5,14-16H2,1-2H3. The number of esters is 1. The summed E-state index contributed by atoms with van der Waals surface area (Å²) >= 11 is 0. The lowest BCUT2D eigenvalue weighted by molar-refractivity contribution is -0.165. The Kier molecular flexibility index (Phi) is 8.39. The van der Waals surface area contributed by atoms with Crippen molar-refractivity contribution in [3.8, 4) is 33.9 Å². The van der Waals surface area contributed by atoms with Crippen LogP contribution in [0.5, 0.6) is 11.5 Å². The van der Waals surface area contributed by atoms with E-state index >= 15 is 0 Å². The predicted octanol–water partition coefficient (Wildman–Crippen LogP) is 4.47. The van der Waals surface area contributed by atoms with Crippen LogP contribution in [0.25, 0.3) is 33.3 Å². The Morgan fingerprint density at radius 3 is 2.36 bits per heavy atom. The number of carbonyl (C=O) groups is 1. The quantitative estimate of drug-likeness (QED) is 0.180. The van der Waals surface area contributed by atoms with Crippen LogP contribution in [0.15, 0.2) is 60.9 Å². The second-order valence-corrected chi connectivity index (χ2v) is 9.10. The van der Waals surface area contributed by atoms with Crippen LogP contribution in [0, 0.1) is 0 Å². The molecule has 8 nitrogen and oxygen atoms in total. The van der Waals surface area contributed by atoms with Gasteiger partial charge >= 0.3 is 5.97 Å². The van der Waals surface area contributed by atoms with E-state index in [0.29, 0.717) is 41.0 Å². The first-order valence-corrected chi connectivity index (χ1v) is 12.9. The number of hydrogen-bond donors (Lipinski definition) is 0. The number of ether oxygens (including phenoxy) is 5. The number of carbonyl (C=O) groups excluding carboxylic acids is 1. The maximum Gasteiger partial charge on any atom is 0.342 e. The van der Waals surface area contributed by atoms with E-state index in [1.807, 2.05) is 48.5 Å². The van der Waals surface area contributed by atoms with Gasteiger partial charge in [0.1, 0.15) is 31.5 Å². The average molecular weight is 524 g/mol. The first kappa shape index (κ1) is 26.7. The van der Waals surface area contributed by atoms with Gasteiger partial charge in [-0.3, -0.25) is 4.98 Å². The number of fused-ring (bicyclic) bond motifs is 1. The van der Waals surface area contributed by atoms with Crippen molar-refractivity contribution in [3.63, 3.8) is 0 Å². The monoisotopic (exact) mass is 524 g/mol. The summed E-state index contributed by atoms with van der Waals surface area (Å²) < 4.78 is 27.8. The number of nitrogens with zero attached hydrogens (tertiary/aromatic N) is 2. The summed E-state index contributed by atoms with van der Waals surface area (Å²) in [4.78, 5) is 21.6. The topological polar surface area (TPSA) is 89.0 Å². The molecule has 2 radical (unpaired) electrons. The van der Waals surface area contributed by atoms with E-state index in [9.17, 15) is 4.79 Å². The maximum atomic E-state index is 12.7. The molecule has 4 aromatic rings. The molecule has 0 amide bonds. The average Bonchev–Trinajstić information content (AvgIpc) is 2.99. The lowest BCUT2D eigenvalue weighted by atomic mass is 9.93. The van der Waals surface area contributed by atoms with Gasteiger partial charge in [0.25, 0.3) is 0 Å². The molecule has 0 spiro atoms. The molecule has 0 bridgehead atoms. The summed E-state index contributed by atoms with van der Waals surface area (Å²) in [5.74, 6) is 0.520. The molecule has 9 heteroatoms. The van der Waals surface area contributed by atoms with Crippen molar-refractivity contribution in [1.82, 2.24) is 9.97 Å². The largest absolute Gasteiger partial charge is 0.494 e. The van der Waals surface area contributed by atoms with E-state index in [1.165, 1.54) is 26.6 Å².